The summed E-state index contributed by atoms with van der Waals surface area (Å²) in [5.41, 5.74) is 0.921. The molecule has 0 atom stereocenters. The predicted octanol–water partition coefficient (Wildman–Crippen LogP) is 1.53. The molecule has 5 heteroatoms. The van der Waals surface area contributed by atoms with E-state index in [1.807, 2.05) is 12.1 Å². The summed E-state index contributed by atoms with van der Waals surface area (Å²) in [6, 6.07) is 5.24. The summed E-state index contributed by atoms with van der Waals surface area (Å²) < 4.78 is 10.3. The number of benzene rings is 1. The van der Waals surface area contributed by atoms with Crippen LogP contribution in [0.15, 0.2) is 18.2 Å². The minimum atomic E-state index is -0.245. The number of carbonyl (C=O) groups excluding carboxylic acids is 1. The Morgan fingerprint density at radius 1 is 1.26 bits per heavy atom. The number of carbonyl (C=O) groups is 1. The molecule has 1 rings (SSSR count). The van der Waals surface area contributed by atoms with E-state index in [2.05, 4.69) is 16.6 Å². The summed E-state index contributed by atoms with van der Waals surface area (Å²) >= 11 is 0. The van der Waals surface area contributed by atoms with Crippen molar-refractivity contribution in [3.8, 4) is 23.8 Å². The molecule has 0 bridgehead atoms. The molecule has 0 aromatic heterocycles. The molecule has 0 saturated heterocycles. The molecule has 0 saturated carbocycles. The summed E-state index contributed by atoms with van der Waals surface area (Å²) in [6.07, 6.45) is 5.61. The second-order valence-corrected chi connectivity index (χ2v) is 3.75. The lowest BCUT2D eigenvalue weighted by molar-refractivity contribution is 0.240. The van der Waals surface area contributed by atoms with Gasteiger partial charge in [-0.05, 0) is 17.7 Å². The standard InChI is InChI=1S/C14H18N2O3/c1-4-5-8-15-14(17)16-10-11-6-7-12(18-2)13(9-11)19-3/h1,6-7,9H,5,8,10H2,2-3H3,(H2,15,16,17). The molecule has 0 fully saturated rings. The molecular weight excluding hydrogens is 244 g/mol. The van der Waals surface area contributed by atoms with Gasteiger partial charge in [-0.2, -0.15) is 0 Å². The highest BCUT2D eigenvalue weighted by Crippen LogP contribution is 2.27. The maximum Gasteiger partial charge on any atom is 0.315 e. The maximum absolute atomic E-state index is 11.4. The first kappa shape index (κ1) is 14.7. The lowest BCUT2D eigenvalue weighted by Crippen LogP contribution is -2.35. The Hall–Kier alpha value is -2.35. The number of rotatable bonds is 6. The van der Waals surface area contributed by atoms with Crippen molar-refractivity contribution in [3.05, 3.63) is 23.8 Å². The van der Waals surface area contributed by atoms with Gasteiger partial charge in [0.25, 0.3) is 0 Å². The normalized spacial score (nSPS) is 9.32. The highest BCUT2D eigenvalue weighted by atomic mass is 16.5. The van der Waals surface area contributed by atoms with E-state index in [-0.39, 0.29) is 6.03 Å². The van der Waals surface area contributed by atoms with Gasteiger partial charge in [-0.15, -0.1) is 12.3 Å². The van der Waals surface area contributed by atoms with E-state index in [1.54, 1.807) is 20.3 Å². The van der Waals surface area contributed by atoms with Crippen LogP contribution in [-0.2, 0) is 6.54 Å². The van der Waals surface area contributed by atoms with Crippen molar-refractivity contribution >= 4 is 6.03 Å². The largest absolute Gasteiger partial charge is 0.493 e. The third-order valence-corrected chi connectivity index (χ3v) is 2.46. The maximum atomic E-state index is 11.4. The van der Waals surface area contributed by atoms with Gasteiger partial charge < -0.3 is 20.1 Å². The highest BCUT2D eigenvalue weighted by molar-refractivity contribution is 5.73. The Morgan fingerprint density at radius 2 is 2.00 bits per heavy atom. The van der Waals surface area contributed by atoms with Gasteiger partial charge in [0.15, 0.2) is 11.5 Å². The van der Waals surface area contributed by atoms with Crippen LogP contribution in [0.4, 0.5) is 4.79 Å². The summed E-state index contributed by atoms with van der Waals surface area (Å²) in [5, 5.41) is 5.39. The van der Waals surface area contributed by atoms with E-state index >= 15 is 0 Å². The number of urea groups is 1. The van der Waals surface area contributed by atoms with E-state index in [9.17, 15) is 4.79 Å². The molecule has 2 N–H and O–H groups in total. The van der Waals surface area contributed by atoms with Gasteiger partial charge in [0.05, 0.1) is 14.2 Å². The minimum absolute atomic E-state index is 0.245. The lowest BCUT2D eigenvalue weighted by atomic mass is 10.2. The molecule has 102 valence electrons. The number of ether oxygens (including phenoxy) is 2. The van der Waals surface area contributed by atoms with Crippen molar-refractivity contribution in [2.75, 3.05) is 20.8 Å². The SMILES string of the molecule is C#CCCNC(=O)NCc1ccc(OC)c(OC)c1. The Bertz CT molecular complexity index is 466. The molecule has 2 amide bonds. The van der Waals surface area contributed by atoms with Crippen LogP contribution in [0.3, 0.4) is 0 Å². The summed E-state index contributed by atoms with van der Waals surface area (Å²) in [4.78, 5) is 11.4. The Morgan fingerprint density at radius 3 is 2.63 bits per heavy atom. The van der Waals surface area contributed by atoms with Crippen LogP contribution in [0.2, 0.25) is 0 Å². The molecule has 1 aromatic carbocycles. The van der Waals surface area contributed by atoms with Crippen molar-refractivity contribution < 1.29 is 14.3 Å². The summed E-state index contributed by atoms with van der Waals surface area (Å²) in [6.45, 7) is 0.872. The number of hydrogen-bond acceptors (Lipinski definition) is 3. The third-order valence-electron chi connectivity index (χ3n) is 2.46. The van der Waals surface area contributed by atoms with E-state index < -0.39 is 0 Å². The van der Waals surface area contributed by atoms with Crippen molar-refractivity contribution in [3.63, 3.8) is 0 Å². The van der Waals surface area contributed by atoms with Gasteiger partial charge in [0.1, 0.15) is 0 Å². The lowest BCUT2D eigenvalue weighted by Gasteiger charge is -2.10. The van der Waals surface area contributed by atoms with Crippen molar-refractivity contribution in [1.82, 2.24) is 10.6 Å². The van der Waals surface area contributed by atoms with Gasteiger partial charge in [0.2, 0.25) is 0 Å². The van der Waals surface area contributed by atoms with Gasteiger partial charge in [0, 0.05) is 19.5 Å². The molecule has 0 aliphatic heterocycles. The molecule has 19 heavy (non-hydrogen) atoms. The number of methoxy groups -OCH3 is 2. The zero-order valence-corrected chi connectivity index (χ0v) is 11.2. The first-order valence-electron chi connectivity index (χ1n) is 5.87. The van der Waals surface area contributed by atoms with Gasteiger partial charge in [-0.1, -0.05) is 6.07 Å². The van der Waals surface area contributed by atoms with Crippen LogP contribution in [0.1, 0.15) is 12.0 Å². The fraction of sp³-hybridized carbons (Fsp3) is 0.357. The van der Waals surface area contributed by atoms with E-state index in [1.165, 1.54) is 0 Å². The number of terminal acetylenes is 1. The second-order valence-electron chi connectivity index (χ2n) is 3.75. The molecule has 0 unspecified atom stereocenters. The summed E-state index contributed by atoms with van der Waals surface area (Å²) in [5.74, 6) is 3.74. The predicted molar refractivity (Wildman–Crippen MR) is 73.2 cm³/mol. The summed E-state index contributed by atoms with van der Waals surface area (Å²) in [7, 11) is 3.15. The van der Waals surface area contributed by atoms with E-state index in [0.717, 1.165) is 5.56 Å². The van der Waals surface area contributed by atoms with Crippen LogP contribution >= 0.6 is 0 Å². The van der Waals surface area contributed by atoms with Crippen molar-refractivity contribution in [1.29, 1.82) is 0 Å². The quantitative estimate of drug-likeness (QED) is 0.603. The van der Waals surface area contributed by atoms with Crippen LogP contribution in [0.5, 0.6) is 11.5 Å². The first-order valence-corrected chi connectivity index (χ1v) is 5.87. The number of hydrogen-bond donors (Lipinski definition) is 2. The molecule has 0 aliphatic carbocycles. The number of amides is 2. The Balaban J connectivity index is 2.49. The smallest absolute Gasteiger partial charge is 0.315 e. The van der Waals surface area contributed by atoms with E-state index in [0.29, 0.717) is 31.0 Å². The van der Waals surface area contributed by atoms with Crippen LogP contribution in [0.25, 0.3) is 0 Å². The van der Waals surface area contributed by atoms with E-state index in [4.69, 9.17) is 15.9 Å². The number of nitrogens with one attached hydrogen (secondary N) is 2. The van der Waals surface area contributed by atoms with Crippen LogP contribution in [-0.4, -0.2) is 26.8 Å². The Labute approximate surface area is 113 Å². The van der Waals surface area contributed by atoms with Crippen LogP contribution in [0, 0.1) is 12.3 Å². The minimum Gasteiger partial charge on any atom is -0.493 e. The first-order chi connectivity index (χ1) is 9.21. The van der Waals surface area contributed by atoms with Crippen molar-refractivity contribution in [2.45, 2.75) is 13.0 Å². The average molecular weight is 262 g/mol. The Kier molecular flexibility index (Phi) is 6.10. The molecule has 1 aromatic rings. The van der Waals surface area contributed by atoms with Crippen LogP contribution < -0.4 is 20.1 Å². The highest BCUT2D eigenvalue weighted by Gasteiger charge is 2.05. The zero-order valence-electron chi connectivity index (χ0n) is 11.2. The average Bonchev–Trinajstić information content (AvgIpc) is 2.45. The fourth-order valence-electron chi connectivity index (χ4n) is 1.48. The fourth-order valence-corrected chi connectivity index (χ4v) is 1.48. The third kappa shape index (κ3) is 4.80. The monoisotopic (exact) mass is 262 g/mol. The molecule has 0 spiro atoms. The van der Waals surface area contributed by atoms with Crippen molar-refractivity contribution in [2.24, 2.45) is 0 Å². The molecular formula is C14H18N2O3. The second kappa shape index (κ2) is 7.88. The molecule has 0 aliphatic rings. The molecule has 0 radical (unpaired) electrons. The topological polar surface area (TPSA) is 59.6 Å². The zero-order chi connectivity index (χ0) is 14.1. The molecule has 5 nitrogen and oxygen atoms in total. The van der Waals surface area contributed by atoms with Gasteiger partial charge in [-0.25, -0.2) is 4.79 Å². The molecule has 0 heterocycles. The van der Waals surface area contributed by atoms with Gasteiger partial charge >= 0.3 is 6.03 Å². The van der Waals surface area contributed by atoms with Gasteiger partial charge in [-0.3, -0.25) is 0 Å².